The van der Waals surface area contributed by atoms with Crippen molar-refractivity contribution in [2.24, 2.45) is 4.99 Å². The molecule has 0 aliphatic rings. The molecule has 112 valence electrons. The standard InChI is InChI=1S/C16H18N6/c1-9(2)18-13-5-6-14(19-10(13)3)12-7-8-22-15(12)11(4)20-16(17)21-22/h5-8H,1-4H3,(H2,17,21). The molecule has 0 bridgehead atoms. The minimum absolute atomic E-state index is 0.263. The van der Waals surface area contributed by atoms with E-state index in [2.05, 4.69) is 20.1 Å². The molecule has 0 radical (unpaired) electrons. The minimum atomic E-state index is 0.263. The Hall–Kier alpha value is -2.76. The molecule has 0 aromatic carbocycles. The molecule has 3 heterocycles. The number of aliphatic imine (C=N–C) groups is 1. The number of hydrogen-bond donors (Lipinski definition) is 1. The highest BCUT2D eigenvalue weighted by atomic mass is 15.3. The second-order valence-electron chi connectivity index (χ2n) is 5.44. The molecule has 3 aromatic heterocycles. The molecule has 0 aliphatic carbocycles. The lowest BCUT2D eigenvalue weighted by Crippen LogP contribution is -2.03. The summed E-state index contributed by atoms with van der Waals surface area (Å²) in [6, 6.07) is 5.94. The molecule has 6 nitrogen and oxygen atoms in total. The molecule has 3 rings (SSSR count). The Kier molecular flexibility index (Phi) is 3.36. The SMILES string of the molecule is CC(C)=Nc1ccc(-c2ccn3nc(N)nc(C)c23)nc1C. The van der Waals surface area contributed by atoms with Gasteiger partial charge < -0.3 is 5.73 Å². The van der Waals surface area contributed by atoms with Crippen molar-refractivity contribution in [1.29, 1.82) is 0 Å². The van der Waals surface area contributed by atoms with Crippen molar-refractivity contribution in [3.05, 3.63) is 35.8 Å². The van der Waals surface area contributed by atoms with Crippen molar-refractivity contribution in [1.82, 2.24) is 19.6 Å². The van der Waals surface area contributed by atoms with Crippen molar-refractivity contribution in [3.8, 4) is 11.3 Å². The van der Waals surface area contributed by atoms with E-state index in [1.807, 2.05) is 52.1 Å². The zero-order valence-electron chi connectivity index (χ0n) is 13.1. The largest absolute Gasteiger partial charge is 0.367 e. The van der Waals surface area contributed by atoms with Crippen LogP contribution in [0.4, 0.5) is 11.6 Å². The monoisotopic (exact) mass is 294 g/mol. The van der Waals surface area contributed by atoms with Crippen molar-refractivity contribution in [2.45, 2.75) is 27.7 Å². The molecule has 2 N–H and O–H groups in total. The van der Waals surface area contributed by atoms with Gasteiger partial charge in [0, 0.05) is 17.5 Å². The van der Waals surface area contributed by atoms with E-state index in [1.165, 1.54) is 0 Å². The van der Waals surface area contributed by atoms with E-state index in [4.69, 9.17) is 5.73 Å². The number of aryl methyl sites for hydroxylation is 2. The number of aromatic nitrogens is 4. The molecule has 0 saturated heterocycles. The van der Waals surface area contributed by atoms with Crippen LogP contribution in [-0.2, 0) is 0 Å². The van der Waals surface area contributed by atoms with Crippen LogP contribution in [-0.4, -0.2) is 25.3 Å². The number of nitrogen functional groups attached to an aromatic ring is 1. The average molecular weight is 294 g/mol. The summed E-state index contributed by atoms with van der Waals surface area (Å²) >= 11 is 0. The number of pyridine rings is 1. The summed E-state index contributed by atoms with van der Waals surface area (Å²) in [6.07, 6.45) is 1.87. The summed E-state index contributed by atoms with van der Waals surface area (Å²) in [5.74, 6) is 0.263. The van der Waals surface area contributed by atoms with Gasteiger partial charge in [0.25, 0.3) is 0 Å². The van der Waals surface area contributed by atoms with E-state index in [0.717, 1.165) is 39.6 Å². The Balaban J connectivity index is 2.16. The summed E-state index contributed by atoms with van der Waals surface area (Å²) in [5, 5.41) is 4.20. The van der Waals surface area contributed by atoms with Gasteiger partial charge in [-0.3, -0.25) is 9.98 Å². The molecule has 0 fully saturated rings. The predicted octanol–water partition coefficient (Wildman–Crippen LogP) is 3.10. The lowest BCUT2D eigenvalue weighted by molar-refractivity contribution is 0.902. The zero-order valence-corrected chi connectivity index (χ0v) is 13.1. The molecule has 22 heavy (non-hydrogen) atoms. The maximum absolute atomic E-state index is 5.69. The van der Waals surface area contributed by atoms with Crippen LogP contribution in [0.3, 0.4) is 0 Å². The number of anilines is 1. The Labute approximate surface area is 128 Å². The fourth-order valence-electron chi connectivity index (χ4n) is 2.49. The van der Waals surface area contributed by atoms with Crippen molar-refractivity contribution in [3.63, 3.8) is 0 Å². The first kappa shape index (κ1) is 14.2. The number of nitrogens with two attached hydrogens (primary N) is 1. The van der Waals surface area contributed by atoms with Gasteiger partial charge in [-0.2, -0.15) is 0 Å². The maximum Gasteiger partial charge on any atom is 0.238 e. The molecule has 0 saturated carbocycles. The molecule has 0 spiro atoms. The van der Waals surface area contributed by atoms with Crippen LogP contribution in [0, 0.1) is 13.8 Å². The molecular formula is C16H18N6. The van der Waals surface area contributed by atoms with Crippen LogP contribution in [0.5, 0.6) is 0 Å². The molecule has 0 amide bonds. The number of rotatable bonds is 2. The van der Waals surface area contributed by atoms with Crippen molar-refractivity contribution < 1.29 is 0 Å². The first-order valence-electron chi connectivity index (χ1n) is 7.07. The van der Waals surface area contributed by atoms with Crippen LogP contribution >= 0.6 is 0 Å². The van der Waals surface area contributed by atoms with Gasteiger partial charge >= 0.3 is 0 Å². The summed E-state index contributed by atoms with van der Waals surface area (Å²) in [7, 11) is 0. The number of fused-ring (bicyclic) bond motifs is 1. The minimum Gasteiger partial charge on any atom is -0.367 e. The molecule has 0 unspecified atom stereocenters. The van der Waals surface area contributed by atoms with Gasteiger partial charge in [0.1, 0.15) is 0 Å². The lowest BCUT2D eigenvalue weighted by Gasteiger charge is -2.06. The van der Waals surface area contributed by atoms with Crippen molar-refractivity contribution in [2.75, 3.05) is 5.73 Å². The molecule has 0 aliphatic heterocycles. The van der Waals surface area contributed by atoms with E-state index in [9.17, 15) is 0 Å². The Morgan fingerprint density at radius 1 is 1.09 bits per heavy atom. The summed E-state index contributed by atoms with van der Waals surface area (Å²) in [5.41, 5.74) is 12.1. The van der Waals surface area contributed by atoms with Gasteiger partial charge in [-0.15, -0.1) is 5.10 Å². The van der Waals surface area contributed by atoms with Gasteiger partial charge in [0.15, 0.2) is 0 Å². The highest BCUT2D eigenvalue weighted by Gasteiger charge is 2.12. The fraction of sp³-hybridized carbons (Fsp3) is 0.250. The maximum atomic E-state index is 5.69. The number of nitrogens with zero attached hydrogens (tertiary/aromatic N) is 5. The van der Waals surface area contributed by atoms with E-state index in [-0.39, 0.29) is 5.95 Å². The quantitative estimate of drug-likeness (QED) is 0.736. The molecule has 3 aromatic rings. The van der Waals surface area contributed by atoms with Gasteiger partial charge in [-0.1, -0.05) is 0 Å². The van der Waals surface area contributed by atoms with Crippen molar-refractivity contribution >= 4 is 22.9 Å². The zero-order chi connectivity index (χ0) is 15.9. The predicted molar refractivity (Wildman–Crippen MR) is 88.5 cm³/mol. The molecule has 0 atom stereocenters. The summed E-state index contributed by atoms with van der Waals surface area (Å²) in [6.45, 7) is 7.83. The van der Waals surface area contributed by atoms with Gasteiger partial charge in [-0.05, 0) is 45.9 Å². The van der Waals surface area contributed by atoms with Crippen LogP contribution in [0.25, 0.3) is 16.8 Å². The van der Waals surface area contributed by atoms with E-state index >= 15 is 0 Å². The first-order chi connectivity index (χ1) is 10.5. The van der Waals surface area contributed by atoms with Crippen LogP contribution in [0.15, 0.2) is 29.4 Å². The third-order valence-electron chi connectivity index (χ3n) is 3.38. The Bertz CT molecular complexity index is 887. The highest BCUT2D eigenvalue weighted by Crippen LogP contribution is 2.28. The normalized spacial score (nSPS) is 10.9. The fourth-order valence-corrected chi connectivity index (χ4v) is 2.49. The smallest absolute Gasteiger partial charge is 0.238 e. The number of hydrogen-bond acceptors (Lipinski definition) is 5. The van der Waals surface area contributed by atoms with Crippen LogP contribution in [0.2, 0.25) is 0 Å². The third-order valence-corrected chi connectivity index (χ3v) is 3.38. The van der Waals surface area contributed by atoms with E-state index in [0.29, 0.717) is 0 Å². The molecule has 6 heteroatoms. The second kappa shape index (κ2) is 5.22. The second-order valence-corrected chi connectivity index (χ2v) is 5.44. The van der Waals surface area contributed by atoms with E-state index < -0.39 is 0 Å². The van der Waals surface area contributed by atoms with Crippen LogP contribution in [0.1, 0.15) is 25.2 Å². The highest BCUT2D eigenvalue weighted by molar-refractivity contribution is 5.83. The summed E-state index contributed by atoms with van der Waals surface area (Å²) in [4.78, 5) is 13.4. The topological polar surface area (TPSA) is 81.5 Å². The third kappa shape index (κ3) is 2.43. The average Bonchev–Trinajstić information content (AvgIpc) is 2.84. The van der Waals surface area contributed by atoms with Gasteiger partial charge in [-0.25, -0.2) is 9.50 Å². The van der Waals surface area contributed by atoms with Crippen LogP contribution < -0.4 is 5.73 Å². The van der Waals surface area contributed by atoms with Gasteiger partial charge in [0.05, 0.1) is 28.3 Å². The molecular weight excluding hydrogens is 276 g/mol. The lowest BCUT2D eigenvalue weighted by atomic mass is 10.1. The Morgan fingerprint density at radius 3 is 2.55 bits per heavy atom. The van der Waals surface area contributed by atoms with E-state index in [1.54, 1.807) is 4.52 Å². The summed E-state index contributed by atoms with van der Waals surface area (Å²) < 4.78 is 1.74. The Morgan fingerprint density at radius 2 is 1.86 bits per heavy atom. The first-order valence-corrected chi connectivity index (χ1v) is 7.07. The van der Waals surface area contributed by atoms with Gasteiger partial charge in [0.2, 0.25) is 5.95 Å².